The summed E-state index contributed by atoms with van der Waals surface area (Å²) >= 11 is 6.07. The maximum absolute atomic E-state index is 6.08. The van der Waals surface area contributed by atoms with Gasteiger partial charge in [0.25, 0.3) is 0 Å². The fourth-order valence-corrected chi connectivity index (χ4v) is 2.55. The Morgan fingerprint density at radius 1 is 1.05 bits per heavy atom. The molecule has 2 heterocycles. The van der Waals surface area contributed by atoms with Crippen molar-refractivity contribution in [3.05, 3.63) is 35.0 Å². The van der Waals surface area contributed by atoms with E-state index >= 15 is 0 Å². The lowest BCUT2D eigenvalue weighted by molar-refractivity contribution is 0.00578. The maximum Gasteiger partial charge on any atom is 0.494 e. The van der Waals surface area contributed by atoms with E-state index in [1.54, 1.807) is 0 Å². The summed E-state index contributed by atoms with van der Waals surface area (Å²) < 4.78 is 12.2. The summed E-state index contributed by atoms with van der Waals surface area (Å²) in [7, 11) is -0.351. The molecule has 0 unspecified atom stereocenters. The van der Waals surface area contributed by atoms with Gasteiger partial charge in [-0.15, -0.1) is 0 Å². The van der Waals surface area contributed by atoms with Crippen molar-refractivity contribution in [1.29, 1.82) is 0 Å². The number of aromatic nitrogens is 1. The van der Waals surface area contributed by atoms with Gasteiger partial charge < -0.3 is 9.31 Å². The topological polar surface area (TPSA) is 31.4 Å². The van der Waals surface area contributed by atoms with E-state index in [2.05, 4.69) is 38.7 Å². The molecule has 0 aliphatic carbocycles. The summed E-state index contributed by atoms with van der Waals surface area (Å²) in [4.78, 5) is 4.38. The van der Waals surface area contributed by atoms with Crippen molar-refractivity contribution >= 4 is 35.1 Å². The quantitative estimate of drug-likeness (QED) is 0.597. The first-order valence-corrected chi connectivity index (χ1v) is 7.50. The van der Waals surface area contributed by atoms with Crippen molar-refractivity contribution in [2.24, 2.45) is 0 Å². The van der Waals surface area contributed by atoms with Gasteiger partial charge in [-0.2, -0.15) is 0 Å². The molecule has 3 rings (SSSR count). The predicted octanol–water partition coefficient (Wildman–Crippen LogP) is 3.50. The summed E-state index contributed by atoms with van der Waals surface area (Å²) in [6, 6.07) is 8.05. The molecule has 2 aromatic rings. The molecule has 1 aliphatic rings. The number of benzene rings is 1. The fourth-order valence-electron chi connectivity index (χ4n) is 2.40. The highest BCUT2D eigenvalue weighted by atomic mass is 35.5. The average Bonchev–Trinajstić information content (AvgIpc) is 2.59. The van der Waals surface area contributed by atoms with Crippen molar-refractivity contribution in [3.8, 4) is 0 Å². The summed E-state index contributed by atoms with van der Waals surface area (Å²) in [5.41, 5.74) is 2.19. The largest absolute Gasteiger partial charge is 0.494 e. The highest BCUT2D eigenvalue weighted by molar-refractivity contribution is 6.62. The number of halogens is 1. The third kappa shape index (κ3) is 2.46. The Morgan fingerprint density at radius 3 is 2.29 bits per heavy atom. The summed E-state index contributed by atoms with van der Waals surface area (Å²) in [5, 5.41) is 1.59. The molecule has 0 bridgehead atoms. The van der Waals surface area contributed by atoms with Gasteiger partial charge in [-0.1, -0.05) is 23.7 Å². The van der Waals surface area contributed by atoms with Gasteiger partial charge in [0.15, 0.2) is 0 Å². The molecular formula is C16H19BClNO2. The normalized spacial score (nSPS) is 20.2. The molecule has 1 aromatic heterocycles. The van der Waals surface area contributed by atoms with Gasteiger partial charge in [-0.05, 0) is 57.8 Å². The van der Waals surface area contributed by atoms with Crippen LogP contribution in [0.5, 0.6) is 0 Å². The van der Waals surface area contributed by atoms with Crippen LogP contribution in [0.1, 0.15) is 33.3 Å². The third-order valence-electron chi connectivity index (χ3n) is 4.49. The molecule has 0 spiro atoms. The van der Waals surface area contributed by atoms with E-state index in [1.807, 2.05) is 25.1 Å². The van der Waals surface area contributed by atoms with Crippen LogP contribution in [0.2, 0.25) is 5.15 Å². The van der Waals surface area contributed by atoms with Gasteiger partial charge in [0.05, 0.1) is 16.7 Å². The van der Waals surface area contributed by atoms with Crippen molar-refractivity contribution in [2.45, 2.75) is 45.8 Å². The molecule has 1 saturated heterocycles. The lowest BCUT2D eigenvalue weighted by Gasteiger charge is -2.32. The van der Waals surface area contributed by atoms with E-state index in [9.17, 15) is 0 Å². The molecule has 3 nitrogen and oxygen atoms in total. The van der Waals surface area contributed by atoms with E-state index in [0.29, 0.717) is 5.15 Å². The van der Waals surface area contributed by atoms with Crippen LogP contribution in [0.15, 0.2) is 24.3 Å². The molecule has 0 saturated carbocycles. The lowest BCUT2D eigenvalue weighted by Crippen LogP contribution is -2.41. The van der Waals surface area contributed by atoms with Gasteiger partial charge in [0.1, 0.15) is 5.15 Å². The number of fused-ring (bicyclic) bond motifs is 1. The van der Waals surface area contributed by atoms with Crippen LogP contribution in [0.25, 0.3) is 10.9 Å². The molecule has 1 fully saturated rings. The van der Waals surface area contributed by atoms with Crippen LogP contribution in [-0.2, 0) is 9.31 Å². The SMILES string of the molecule is Cc1cc2cc(B3OC(C)(C)C(C)(C)O3)ccc2nc1Cl. The Hall–Kier alpha value is -1.10. The highest BCUT2D eigenvalue weighted by Crippen LogP contribution is 2.36. The molecule has 110 valence electrons. The van der Waals surface area contributed by atoms with Gasteiger partial charge in [-0.25, -0.2) is 4.98 Å². The zero-order valence-corrected chi connectivity index (χ0v) is 13.8. The smallest absolute Gasteiger partial charge is 0.399 e. The third-order valence-corrected chi connectivity index (χ3v) is 4.88. The predicted molar refractivity (Wildman–Crippen MR) is 87.2 cm³/mol. The first kappa shape index (κ1) is 14.8. The fraction of sp³-hybridized carbons (Fsp3) is 0.438. The number of nitrogens with zero attached hydrogens (tertiary/aromatic N) is 1. The second-order valence-corrected chi connectivity index (χ2v) is 6.99. The Kier molecular flexibility index (Phi) is 3.32. The summed E-state index contributed by atoms with van der Waals surface area (Å²) in [5.74, 6) is 0. The standard InChI is InChI=1S/C16H19BClNO2/c1-10-8-11-9-12(6-7-13(11)19-14(10)18)17-20-15(2,3)16(4,5)21-17/h6-9H,1-5H3. The molecule has 1 aliphatic heterocycles. The Bertz CT molecular complexity index is 699. The van der Waals surface area contributed by atoms with Crippen LogP contribution in [0.3, 0.4) is 0 Å². The van der Waals surface area contributed by atoms with Crippen molar-refractivity contribution in [3.63, 3.8) is 0 Å². The molecule has 0 amide bonds. The van der Waals surface area contributed by atoms with Crippen LogP contribution in [-0.4, -0.2) is 23.3 Å². The van der Waals surface area contributed by atoms with Gasteiger partial charge in [0, 0.05) is 5.39 Å². The Balaban J connectivity index is 2.01. The minimum Gasteiger partial charge on any atom is -0.399 e. The molecular weight excluding hydrogens is 284 g/mol. The minimum absolute atomic E-state index is 0.333. The van der Waals surface area contributed by atoms with Crippen molar-refractivity contribution in [1.82, 2.24) is 4.98 Å². The monoisotopic (exact) mass is 303 g/mol. The van der Waals surface area contributed by atoms with Crippen LogP contribution < -0.4 is 5.46 Å². The van der Waals surface area contributed by atoms with Crippen molar-refractivity contribution in [2.75, 3.05) is 0 Å². The first-order valence-electron chi connectivity index (χ1n) is 7.12. The van der Waals surface area contributed by atoms with Crippen LogP contribution in [0.4, 0.5) is 0 Å². The molecule has 21 heavy (non-hydrogen) atoms. The Labute approximate surface area is 130 Å². The second kappa shape index (κ2) is 4.70. The molecule has 0 N–H and O–H groups in total. The number of rotatable bonds is 1. The van der Waals surface area contributed by atoms with E-state index in [1.165, 1.54) is 0 Å². The maximum atomic E-state index is 6.08. The minimum atomic E-state index is -0.351. The van der Waals surface area contributed by atoms with Crippen LogP contribution >= 0.6 is 11.6 Å². The van der Waals surface area contributed by atoms with E-state index < -0.39 is 0 Å². The van der Waals surface area contributed by atoms with E-state index in [-0.39, 0.29) is 18.3 Å². The number of aryl methyl sites for hydroxylation is 1. The average molecular weight is 304 g/mol. The zero-order valence-electron chi connectivity index (χ0n) is 13.0. The molecule has 1 aromatic carbocycles. The number of hydrogen-bond donors (Lipinski definition) is 0. The van der Waals surface area contributed by atoms with E-state index in [4.69, 9.17) is 20.9 Å². The zero-order chi connectivity index (χ0) is 15.4. The summed E-state index contributed by atoms with van der Waals surface area (Å²) in [6.45, 7) is 10.2. The number of hydrogen-bond acceptors (Lipinski definition) is 3. The summed E-state index contributed by atoms with van der Waals surface area (Å²) in [6.07, 6.45) is 0. The second-order valence-electron chi connectivity index (χ2n) is 6.64. The number of pyridine rings is 1. The molecule has 0 radical (unpaired) electrons. The van der Waals surface area contributed by atoms with Crippen molar-refractivity contribution < 1.29 is 9.31 Å². The van der Waals surface area contributed by atoms with Crippen LogP contribution in [0, 0.1) is 6.92 Å². The highest BCUT2D eigenvalue weighted by Gasteiger charge is 2.51. The first-order chi connectivity index (χ1) is 9.69. The van der Waals surface area contributed by atoms with Gasteiger partial charge >= 0.3 is 7.12 Å². The molecule has 5 heteroatoms. The molecule has 0 atom stereocenters. The van der Waals surface area contributed by atoms with Gasteiger partial charge in [0.2, 0.25) is 0 Å². The van der Waals surface area contributed by atoms with Gasteiger partial charge in [-0.3, -0.25) is 0 Å². The Morgan fingerprint density at radius 2 is 1.67 bits per heavy atom. The van der Waals surface area contributed by atoms with E-state index in [0.717, 1.165) is 21.9 Å². The lowest BCUT2D eigenvalue weighted by atomic mass is 9.78.